The molecule has 0 spiro atoms. The second-order valence-corrected chi connectivity index (χ2v) is 4.69. The topological polar surface area (TPSA) is 18.5 Å². The monoisotopic (exact) mass is 240 g/mol. The van der Waals surface area contributed by atoms with Crippen molar-refractivity contribution in [2.75, 3.05) is 6.79 Å². The molecule has 0 atom stereocenters. The lowest BCUT2D eigenvalue weighted by atomic mass is 9.93. The van der Waals surface area contributed by atoms with E-state index >= 15 is 0 Å². The van der Waals surface area contributed by atoms with Crippen molar-refractivity contribution in [2.45, 2.75) is 19.6 Å². The third kappa shape index (κ3) is 1.65. The van der Waals surface area contributed by atoms with Crippen molar-refractivity contribution in [1.29, 1.82) is 0 Å². The van der Waals surface area contributed by atoms with Crippen molar-refractivity contribution in [1.82, 2.24) is 0 Å². The second-order valence-electron chi connectivity index (χ2n) is 4.69. The molecule has 92 valence electrons. The van der Waals surface area contributed by atoms with Crippen LogP contribution in [0.5, 0.6) is 0 Å². The smallest absolute Gasteiger partial charge is 0.226 e. The molecule has 1 fully saturated rings. The van der Waals surface area contributed by atoms with E-state index in [2.05, 4.69) is 32.0 Å². The summed E-state index contributed by atoms with van der Waals surface area (Å²) in [5, 5.41) is 0. The number of ether oxygens (including phenoxy) is 2. The summed E-state index contributed by atoms with van der Waals surface area (Å²) in [5.74, 6) is -0.709. The fourth-order valence-corrected chi connectivity index (χ4v) is 2.28. The van der Waals surface area contributed by atoms with Crippen LogP contribution in [0, 0.1) is 13.8 Å². The molecule has 1 aliphatic heterocycles. The number of hydrogen-bond acceptors (Lipinski definition) is 2. The predicted molar refractivity (Wildman–Crippen MR) is 70.2 cm³/mol. The highest BCUT2D eigenvalue weighted by atomic mass is 16.9. The van der Waals surface area contributed by atoms with Crippen LogP contribution in [0.3, 0.4) is 0 Å². The molecule has 0 N–H and O–H groups in total. The number of rotatable bonds is 2. The first-order valence-electron chi connectivity index (χ1n) is 6.13. The van der Waals surface area contributed by atoms with Gasteiger partial charge in [-0.3, -0.25) is 0 Å². The Kier molecular flexibility index (Phi) is 2.69. The molecule has 0 aliphatic carbocycles. The Balaban J connectivity index is 2.09. The van der Waals surface area contributed by atoms with Crippen molar-refractivity contribution in [3.8, 4) is 0 Å². The summed E-state index contributed by atoms with van der Waals surface area (Å²) in [6.07, 6.45) is 0. The fraction of sp³-hybridized carbons (Fsp3) is 0.250. The van der Waals surface area contributed by atoms with Gasteiger partial charge < -0.3 is 9.47 Å². The van der Waals surface area contributed by atoms with Gasteiger partial charge in [0.05, 0.1) is 0 Å². The van der Waals surface area contributed by atoms with E-state index in [1.165, 1.54) is 11.1 Å². The minimum atomic E-state index is -0.709. The molecule has 1 saturated heterocycles. The lowest BCUT2D eigenvalue weighted by Crippen LogP contribution is -2.45. The molecule has 2 nitrogen and oxygen atoms in total. The Morgan fingerprint density at radius 2 is 1.56 bits per heavy atom. The summed E-state index contributed by atoms with van der Waals surface area (Å²) >= 11 is 0. The predicted octanol–water partition coefficient (Wildman–Crippen LogP) is 3.51. The van der Waals surface area contributed by atoms with E-state index in [0.29, 0.717) is 6.79 Å². The van der Waals surface area contributed by atoms with Crippen LogP contribution in [0.25, 0.3) is 0 Å². The fourth-order valence-electron chi connectivity index (χ4n) is 2.28. The third-order valence-corrected chi connectivity index (χ3v) is 3.57. The first-order chi connectivity index (χ1) is 8.72. The molecular weight excluding hydrogens is 224 g/mol. The summed E-state index contributed by atoms with van der Waals surface area (Å²) in [5.41, 5.74) is 4.63. The molecule has 2 aromatic rings. The lowest BCUT2D eigenvalue weighted by Gasteiger charge is -2.42. The maximum Gasteiger partial charge on any atom is 0.226 e. The van der Waals surface area contributed by atoms with E-state index in [1.807, 2.05) is 30.3 Å². The van der Waals surface area contributed by atoms with Crippen molar-refractivity contribution in [3.05, 3.63) is 70.8 Å². The van der Waals surface area contributed by atoms with Gasteiger partial charge in [0.25, 0.3) is 0 Å². The van der Waals surface area contributed by atoms with E-state index in [1.54, 1.807) is 0 Å². The Labute approximate surface area is 107 Å². The highest BCUT2D eigenvalue weighted by Crippen LogP contribution is 2.41. The molecule has 0 saturated carbocycles. The van der Waals surface area contributed by atoms with E-state index in [-0.39, 0.29) is 0 Å². The highest BCUT2D eigenvalue weighted by Gasteiger charge is 2.43. The zero-order chi connectivity index (χ0) is 12.6. The largest absolute Gasteiger partial charge is 0.315 e. The van der Waals surface area contributed by atoms with Gasteiger partial charge in [-0.05, 0) is 25.0 Å². The van der Waals surface area contributed by atoms with Gasteiger partial charge in [0, 0.05) is 11.1 Å². The highest BCUT2D eigenvalue weighted by molar-refractivity contribution is 5.39. The van der Waals surface area contributed by atoms with Gasteiger partial charge in [-0.2, -0.15) is 0 Å². The Hall–Kier alpha value is -1.64. The van der Waals surface area contributed by atoms with Crippen LogP contribution in [0.1, 0.15) is 22.3 Å². The normalized spacial score (nSPS) is 17.2. The van der Waals surface area contributed by atoms with Gasteiger partial charge in [-0.15, -0.1) is 0 Å². The maximum atomic E-state index is 5.76. The molecule has 0 bridgehead atoms. The molecule has 0 aromatic heterocycles. The molecule has 0 amide bonds. The molecule has 2 heteroatoms. The van der Waals surface area contributed by atoms with E-state index in [0.717, 1.165) is 11.1 Å². The lowest BCUT2D eigenvalue weighted by molar-refractivity contribution is -0.386. The van der Waals surface area contributed by atoms with Crippen LogP contribution in [-0.2, 0) is 15.3 Å². The van der Waals surface area contributed by atoms with Crippen LogP contribution >= 0.6 is 0 Å². The van der Waals surface area contributed by atoms with Crippen LogP contribution < -0.4 is 0 Å². The Bertz CT molecular complexity index is 557. The van der Waals surface area contributed by atoms with Crippen LogP contribution in [0.15, 0.2) is 48.5 Å². The average Bonchev–Trinajstić information content (AvgIpc) is 2.34. The molecule has 1 aliphatic rings. The summed E-state index contributed by atoms with van der Waals surface area (Å²) < 4.78 is 11.5. The molecule has 1 heterocycles. The minimum absolute atomic E-state index is 0.349. The second kappa shape index (κ2) is 4.23. The van der Waals surface area contributed by atoms with Crippen LogP contribution in [-0.4, -0.2) is 6.79 Å². The quantitative estimate of drug-likeness (QED) is 0.799. The van der Waals surface area contributed by atoms with Gasteiger partial charge >= 0.3 is 0 Å². The summed E-state index contributed by atoms with van der Waals surface area (Å²) in [7, 11) is 0. The van der Waals surface area contributed by atoms with Gasteiger partial charge in [-0.25, -0.2) is 0 Å². The first kappa shape index (κ1) is 11.5. The Morgan fingerprint density at radius 3 is 2.11 bits per heavy atom. The molecular formula is C16H16O2. The van der Waals surface area contributed by atoms with Crippen molar-refractivity contribution < 1.29 is 9.47 Å². The van der Waals surface area contributed by atoms with Gasteiger partial charge in [0.15, 0.2) is 6.79 Å². The SMILES string of the molecule is Cc1ccc(C2(c3ccccc3)OCO2)cc1C. The zero-order valence-corrected chi connectivity index (χ0v) is 10.6. The average molecular weight is 240 g/mol. The number of hydrogen-bond donors (Lipinski definition) is 0. The molecule has 3 rings (SSSR count). The summed E-state index contributed by atoms with van der Waals surface area (Å²) in [4.78, 5) is 0. The van der Waals surface area contributed by atoms with Crippen molar-refractivity contribution in [3.63, 3.8) is 0 Å². The Morgan fingerprint density at radius 1 is 0.833 bits per heavy atom. The zero-order valence-electron chi connectivity index (χ0n) is 10.6. The van der Waals surface area contributed by atoms with Crippen LogP contribution in [0.4, 0.5) is 0 Å². The molecule has 2 aromatic carbocycles. The van der Waals surface area contributed by atoms with E-state index < -0.39 is 5.79 Å². The standard InChI is InChI=1S/C16H16O2/c1-12-8-9-15(10-13(12)2)16(17-11-18-16)14-6-4-3-5-7-14/h3-10H,11H2,1-2H3. The minimum Gasteiger partial charge on any atom is -0.315 e. The summed E-state index contributed by atoms with van der Waals surface area (Å²) in [6.45, 7) is 4.56. The van der Waals surface area contributed by atoms with E-state index in [9.17, 15) is 0 Å². The molecule has 0 unspecified atom stereocenters. The molecule has 18 heavy (non-hydrogen) atoms. The van der Waals surface area contributed by atoms with Crippen LogP contribution in [0.2, 0.25) is 0 Å². The van der Waals surface area contributed by atoms with Gasteiger partial charge in [0.2, 0.25) is 5.79 Å². The maximum absolute atomic E-state index is 5.76. The van der Waals surface area contributed by atoms with Crippen molar-refractivity contribution >= 4 is 0 Å². The number of aryl methyl sites for hydroxylation is 2. The van der Waals surface area contributed by atoms with E-state index in [4.69, 9.17) is 9.47 Å². The third-order valence-electron chi connectivity index (χ3n) is 3.57. The summed E-state index contributed by atoms with van der Waals surface area (Å²) in [6, 6.07) is 16.4. The van der Waals surface area contributed by atoms with Gasteiger partial charge in [-0.1, -0.05) is 48.5 Å². The first-order valence-corrected chi connectivity index (χ1v) is 6.13. The van der Waals surface area contributed by atoms with Crippen molar-refractivity contribution in [2.24, 2.45) is 0 Å². The van der Waals surface area contributed by atoms with Gasteiger partial charge in [0.1, 0.15) is 0 Å². The molecule has 0 radical (unpaired) electrons. The number of benzene rings is 2.